The maximum atomic E-state index is 5.10. The smallest absolute Gasteiger partial charge is 0.141 e. The Balaban J connectivity index is 1.76. The molecule has 6 heteroatoms. The number of nitrogens with zero attached hydrogens (tertiary/aromatic N) is 1. The van der Waals surface area contributed by atoms with Crippen molar-refractivity contribution in [2.45, 2.75) is 4.43 Å². The van der Waals surface area contributed by atoms with Crippen molar-refractivity contribution >= 4 is 65.4 Å². The number of halogens is 3. The first-order chi connectivity index (χ1) is 14.6. The topological polar surface area (TPSA) is 44.5 Å². The van der Waals surface area contributed by atoms with Gasteiger partial charge in [-0.25, -0.2) is 4.98 Å². The van der Waals surface area contributed by atoms with Gasteiger partial charge in [0.25, 0.3) is 0 Å². The van der Waals surface area contributed by atoms with Gasteiger partial charge in [0.2, 0.25) is 0 Å². The van der Waals surface area contributed by atoms with E-state index in [-0.39, 0.29) is 0 Å². The molecule has 2 heterocycles. The van der Waals surface area contributed by atoms with Crippen molar-refractivity contribution in [3.8, 4) is 33.9 Å². The van der Waals surface area contributed by atoms with Crippen molar-refractivity contribution in [1.29, 1.82) is 0 Å². The van der Waals surface area contributed by atoms with Gasteiger partial charge >= 0.3 is 0 Å². The number of hydrogen-bond donors (Lipinski definition) is 2. The van der Waals surface area contributed by atoms with E-state index < -0.39 is 0 Å². The van der Waals surface area contributed by atoms with E-state index >= 15 is 0 Å². The molecule has 0 radical (unpaired) electrons. The molecule has 0 saturated heterocycles. The van der Waals surface area contributed by atoms with Gasteiger partial charge in [0.15, 0.2) is 0 Å². The summed E-state index contributed by atoms with van der Waals surface area (Å²) < 4.78 is 2.99. The van der Waals surface area contributed by atoms with Crippen LogP contribution in [0.25, 0.3) is 44.8 Å². The molecule has 5 rings (SSSR count). The van der Waals surface area contributed by atoms with E-state index in [2.05, 4.69) is 137 Å². The second-order valence-corrected chi connectivity index (χ2v) is 9.57. The van der Waals surface area contributed by atoms with Crippen molar-refractivity contribution in [3.63, 3.8) is 0 Å². The highest BCUT2D eigenvalue weighted by Crippen LogP contribution is 2.38. The summed E-state index contributed by atoms with van der Waals surface area (Å²) in [5, 5.41) is 1.18. The Morgan fingerprint density at radius 2 is 1.40 bits per heavy atom. The minimum absolute atomic E-state index is 0.879. The van der Waals surface area contributed by atoms with Crippen LogP contribution in [-0.4, -0.2) is 15.0 Å². The van der Waals surface area contributed by atoms with Crippen molar-refractivity contribution in [2.75, 3.05) is 0 Å². The second-order valence-electron chi connectivity index (χ2n) is 6.98. The number of rotatable bonds is 4. The summed E-state index contributed by atoms with van der Waals surface area (Å²) in [4.78, 5) is 12.3. The largest absolute Gasteiger partial charge is 0.357 e. The molecule has 148 valence electrons. The first-order valence-electron chi connectivity index (χ1n) is 9.42. The highest BCUT2D eigenvalue weighted by atomic mass is 127. The third kappa shape index (κ3) is 3.65. The van der Waals surface area contributed by atoms with Gasteiger partial charge in [0.05, 0.1) is 11.4 Å². The summed E-state index contributed by atoms with van der Waals surface area (Å²) in [5.74, 6) is 0.884. The Hall–Kier alpha value is -1.90. The van der Waals surface area contributed by atoms with Gasteiger partial charge in [-0.2, -0.15) is 0 Å². The van der Waals surface area contributed by atoms with E-state index in [0.29, 0.717) is 0 Å². The van der Waals surface area contributed by atoms with Crippen LogP contribution in [-0.2, 0) is 4.43 Å². The third-order valence-electron chi connectivity index (χ3n) is 5.11. The fraction of sp³-hybridized carbons (Fsp3) is 0.0417. The molecule has 3 nitrogen and oxygen atoms in total. The zero-order chi connectivity index (χ0) is 20.7. The van der Waals surface area contributed by atoms with Crippen molar-refractivity contribution in [2.24, 2.45) is 0 Å². The Bertz CT molecular complexity index is 1270. The van der Waals surface area contributed by atoms with Crippen LogP contribution in [0.1, 0.15) is 5.69 Å². The number of hydrogen-bond acceptors (Lipinski definition) is 1. The van der Waals surface area contributed by atoms with Gasteiger partial charge < -0.3 is 9.97 Å². The van der Waals surface area contributed by atoms with E-state index in [4.69, 9.17) is 4.98 Å². The zero-order valence-electron chi connectivity index (χ0n) is 15.7. The predicted molar refractivity (Wildman–Crippen MR) is 140 cm³/mol. The first-order valence-corrected chi connectivity index (χ1v) is 12.5. The summed E-state index contributed by atoms with van der Waals surface area (Å²) in [5.41, 5.74) is 7.59. The van der Waals surface area contributed by atoms with E-state index in [1.807, 2.05) is 0 Å². The summed E-state index contributed by atoms with van der Waals surface area (Å²) in [6.45, 7) is 0. The maximum Gasteiger partial charge on any atom is 0.141 e. The molecular formula is C24H16Br2IN3. The van der Waals surface area contributed by atoms with Crippen molar-refractivity contribution in [1.82, 2.24) is 15.0 Å². The predicted octanol–water partition coefficient (Wildman–Crippen LogP) is 8.35. The molecule has 5 aromatic rings. The van der Waals surface area contributed by atoms with Gasteiger partial charge in [0, 0.05) is 46.7 Å². The molecule has 0 amide bonds. The van der Waals surface area contributed by atoms with Crippen LogP contribution in [0.5, 0.6) is 0 Å². The van der Waals surface area contributed by atoms with Crippen LogP contribution in [0.3, 0.4) is 0 Å². The summed E-state index contributed by atoms with van der Waals surface area (Å²) in [6.07, 6.45) is 0. The van der Waals surface area contributed by atoms with Crippen LogP contribution in [0, 0.1) is 0 Å². The molecule has 30 heavy (non-hydrogen) atoms. The fourth-order valence-corrected chi connectivity index (χ4v) is 4.80. The lowest BCUT2D eigenvalue weighted by molar-refractivity contribution is 1.25. The number of aromatic nitrogens is 3. The van der Waals surface area contributed by atoms with E-state index in [1.165, 1.54) is 11.1 Å². The summed E-state index contributed by atoms with van der Waals surface area (Å²) >= 11 is 9.47. The number of aromatic amines is 2. The number of para-hydroxylation sites is 1. The number of imidazole rings is 1. The monoisotopic (exact) mass is 631 g/mol. The molecule has 0 saturated carbocycles. The minimum atomic E-state index is 0.879. The van der Waals surface area contributed by atoms with Gasteiger partial charge in [0.1, 0.15) is 5.82 Å². The van der Waals surface area contributed by atoms with Crippen LogP contribution in [0.15, 0.2) is 81.7 Å². The minimum Gasteiger partial charge on any atom is -0.357 e. The Kier molecular flexibility index (Phi) is 5.56. The standard InChI is InChI=1S/C24H16Br2IN3/c25-16-9-5-14(6-10-16)22-23(15-7-11-17(26)12-8-15)30-24(29-22)21-18-3-1-2-4-19(18)28-20(21)13-27/h1-12,28H,13H2,(H,29,30). The van der Waals surface area contributed by atoms with E-state index in [1.54, 1.807) is 0 Å². The highest BCUT2D eigenvalue weighted by molar-refractivity contribution is 14.1. The van der Waals surface area contributed by atoms with Crippen LogP contribution in [0.4, 0.5) is 0 Å². The molecular weight excluding hydrogens is 617 g/mol. The van der Waals surface area contributed by atoms with Gasteiger partial charge in [-0.1, -0.05) is 96.9 Å². The van der Waals surface area contributed by atoms with Crippen molar-refractivity contribution < 1.29 is 0 Å². The summed E-state index contributed by atoms with van der Waals surface area (Å²) in [7, 11) is 0. The number of H-pyrrole nitrogens is 2. The molecule has 3 aromatic carbocycles. The normalized spacial score (nSPS) is 11.3. The Labute approximate surface area is 204 Å². The van der Waals surface area contributed by atoms with E-state index in [0.717, 1.165) is 52.8 Å². The average Bonchev–Trinajstić information content (AvgIpc) is 3.36. The van der Waals surface area contributed by atoms with Gasteiger partial charge in [-0.15, -0.1) is 0 Å². The van der Waals surface area contributed by atoms with Crippen LogP contribution < -0.4 is 0 Å². The van der Waals surface area contributed by atoms with Crippen molar-refractivity contribution in [3.05, 3.63) is 87.4 Å². The van der Waals surface area contributed by atoms with Crippen LogP contribution in [0.2, 0.25) is 0 Å². The van der Waals surface area contributed by atoms with Gasteiger partial charge in [-0.05, 0) is 30.3 Å². The number of benzene rings is 3. The molecule has 0 atom stereocenters. The second kappa shape index (κ2) is 8.32. The maximum absolute atomic E-state index is 5.10. The number of nitrogens with one attached hydrogen (secondary N) is 2. The van der Waals surface area contributed by atoms with Crippen LogP contribution >= 0.6 is 54.5 Å². The highest BCUT2D eigenvalue weighted by Gasteiger charge is 2.20. The Morgan fingerprint density at radius 1 is 0.767 bits per heavy atom. The number of alkyl halides is 1. The fourth-order valence-electron chi connectivity index (χ4n) is 3.70. The molecule has 0 aliphatic carbocycles. The quantitative estimate of drug-likeness (QED) is 0.152. The zero-order valence-corrected chi connectivity index (χ0v) is 21.0. The molecule has 0 spiro atoms. The number of fused-ring (bicyclic) bond motifs is 1. The lowest BCUT2D eigenvalue weighted by atomic mass is 10.1. The molecule has 0 bridgehead atoms. The lowest BCUT2D eigenvalue weighted by Crippen LogP contribution is -1.85. The molecule has 2 aromatic heterocycles. The SMILES string of the molecule is Brc1ccc(-c2nc(-c3c(CI)[nH]c4ccccc34)[nH]c2-c2ccc(Br)cc2)cc1. The Morgan fingerprint density at radius 3 is 2.07 bits per heavy atom. The third-order valence-corrected chi connectivity index (χ3v) is 6.93. The molecule has 0 aliphatic rings. The lowest BCUT2D eigenvalue weighted by Gasteiger charge is -2.04. The van der Waals surface area contributed by atoms with E-state index in [9.17, 15) is 0 Å². The summed E-state index contributed by atoms with van der Waals surface area (Å²) in [6, 6.07) is 25.0. The molecule has 0 unspecified atom stereocenters. The first kappa shape index (κ1) is 20.0. The average molecular weight is 633 g/mol. The molecule has 0 fully saturated rings. The van der Waals surface area contributed by atoms with Gasteiger partial charge in [-0.3, -0.25) is 0 Å². The molecule has 2 N–H and O–H groups in total. The molecule has 0 aliphatic heterocycles.